The predicted molar refractivity (Wildman–Crippen MR) is 72.8 cm³/mol. The van der Waals surface area contributed by atoms with Crippen molar-refractivity contribution in [2.24, 2.45) is 0 Å². The number of aromatic nitrogens is 1. The number of imide groups is 1. The lowest BCUT2D eigenvalue weighted by Gasteiger charge is -2.25. The standard InChI is InChI=1S/C13H9BrN2O3/c14-9-4-8-2-1-3-10(13(8)15-5-9)16-11(17)6-19-7-12(16)18/h1-5H,6-7H2. The van der Waals surface area contributed by atoms with Crippen LogP contribution in [0.25, 0.3) is 10.9 Å². The highest BCUT2D eigenvalue weighted by Gasteiger charge is 2.29. The smallest absolute Gasteiger partial charge is 0.259 e. The van der Waals surface area contributed by atoms with Gasteiger partial charge in [0.1, 0.15) is 13.2 Å². The van der Waals surface area contributed by atoms with Crippen molar-refractivity contribution in [1.29, 1.82) is 0 Å². The predicted octanol–water partition coefficient (Wildman–Crippen LogP) is 1.89. The zero-order chi connectivity index (χ0) is 13.4. The fourth-order valence-electron chi connectivity index (χ4n) is 2.06. The lowest BCUT2D eigenvalue weighted by Crippen LogP contribution is -2.46. The van der Waals surface area contributed by atoms with Crippen molar-refractivity contribution >= 4 is 44.3 Å². The van der Waals surface area contributed by atoms with Crippen molar-refractivity contribution in [3.05, 3.63) is 34.9 Å². The first-order valence-corrected chi connectivity index (χ1v) is 6.44. The van der Waals surface area contributed by atoms with Crippen LogP contribution in [0.3, 0.4) is 0 Å². The minimum Gasteiger partial charge on any atom is -0.362 e. The summed E-state index contributed by atoms with van der Waals surface area (Å²) in [6.07, 6.45) is 1.64. The molecule has 5 nitrogen and oxygen atoms in total. The quantitative estimate of drug-likeness (QED) is 0.753. The monoisotopic (exact) mass is 320 g/mol. The highest BCUT2D eigenvalue weighted by molar-refractivity contribution is 9.10. The van der Waals surface area contributed by atoms with Gasteiger partial charge in [0.15, 0.2) is 0 Å². The Balaban J connectivity index is 2.19. The first-order chi connectivity index (χ1) is 9.16. The molecule has 3 rings (SSSR count). The number of hydrogen-bond acceptors (Lipinski definition) is 4. The highest BCUT2D eigenvalue weighted by atomic mass is 79.9. The van der Waals surface area contributed by atoms with E-state index in [1.165, 1.54) is 0 Å². The molecule has 1 aliphatic heterocycles. The van der Waals surface area contributed by atoms with Crippen LogP contribution in [0.4, 0.5) is 5.69 Å². The maximum Gasteiger partial charge on any atom is 0.259 e. The molecule has 0 N–H and O–H groups in total. The Morgan fingerprint density at radius 1 is 1.21 bits per heavy atom. The molecule has 2 amide bonds. The number of benzene rings is 1. The summed E-state index contributed by atoms with van der Waals surface area (Å²) in [5.41, 5.74) is 1.12. The third-order valence-electron chi connectivity index (χ3n) is 2.85. The second-order valence-electron chi connectivity index (χ2n) is 4.12. The van der Waals surface area contributed by atoms with E-state index in [2.05, 4.69) is 20.9 Å². The molecule has 1 fully saturated rings. The molecule has 0 bridgehead atoms. The summed E-state index contributed by atoms with van der Waals surface area (Å²) in [6.45, 7) is -0.169. The maximum absolute atomic E-state index is 11.9. The van der Waals surface area contributed by atoms with E-state index in [1.54, 1.807) is 18.3 Å². The van der Waals surface area contributed by atoms with E-state index in [0.717, 1.165) is 14.8 Å². The Hall–Kier alpha value is -1.79. The van der Waals surface area contributed by atoms with Gasteiger partial charge in [-0.3, -0.25) is 14.6 Å². The normalized spacial score (nSPS) is 16.2. The lowest BCUT2D eigenvalue weighted by atomic mass is 10.1. The largest absolute Gasteiger partial charge is 0.362 e. The molecule has 6 heteroatoms. The van der Waals surface area contributed by atoms with Crippen LogP contribution < -0.4 is 4.90 Å². The minimum absolute atomic E-state index is 0.0847. The van der Waals surface area contributed by atoms with Gasteiger partial charge >= 0.3 is 0 Å². The van der Waals surface area contributed by atoms with Crippen LogP contribution in [0.5, 0.6) is 0 Å². The SMILES string of the molecule is O=C1COCC(=O)N1c1cccc2cc(Br)cnc12. The number of hydrogen-bond donors (Lipinski definition) is 0. The molecule has 2 aromatic rings. The van der Waals surface area contributed by atoms with Crippen LogP contribution >= 0.6 is 15.9 Å². The number of halogens is 1. The number of fused-ring (bicyclic) bond motifs is 1. The molecular formula is C13H9BrN2O3. The topological polar surface area (TPSA) is 59.5 Å². The number of ether oxygens (including phenoxy) is 1. The molecule has 1 aliphatic rings. The highest BCUT2D eigenvalue weighted by Crippen LogP contribution is 2.28. The van der Waals surface area contributed by atoms with Crippen molar-refractivity contribution in [3.8, 4) is 0 Å². The Bertz CT molecular complexity index is 671. The van der Waals surface area contributed by atoms with Crippen molar-refractivity contribution < 1.29 is 14.3 Å². The summed E-state index contributed by atoms with van der Waals surface area (Å²) in [6, 6.07) is 7.28. The van der Waals surface area contributed by atoms with Crippen LogP contribution in [0.1, 0.15) is 0 Å². The van der Waals surface area contributed by atoms with Crippen molar-refractivity contribution in [3.63, 3.8) is 0 Å². The molecular weight excluding hydrogens is 312 g/mol. The number of para-hydroxylation sites is 1. The Labute approximate surface area is 117 Å². The number of carbonyl (C=O) groups excluding carboxylic acids is 2. The molecule has 0 radical (unpaired) electrons. The average molecular weight is 321 g/mol. The second kappa shape index (κ2) is 4.71. The lowest BCUT2D eigenvalue weighted by molar-refractivity contribution is -0.138. The van der Waals surface area contributed by atoms with Crippen LogP contribution in [-0.4, -0.2) is 30.0 Å². The number of carbonyl (C=O) groups is 2. The van der Waals surface area contributed by atoms with Gasteiger partial charge in [0, 0.05) is 16.1 Å². The molecule has 96 valence electrons. The van der Waals surface area contributed by atoms with Crippen molar-refractivity contribution in [2.45, 2.75) is 0 Å². The van der Waals surface area contributed by atoms with Gasteiger partial charge < -0.3 is 4.74 Å². The molecule has 0 spiro atoms. The van der Waals surface area contributed by atoms with E-state index in [1.807, 2.05) is 12.1 Å². The molecule has 0 unspecified atom stereocenters. The summed E-state index contributed by atoms with van der Waals surface area (Å²) in [5, 5.41) is 0.860. The number of morpholine rings is 1. The summed E-state index contributed by atoms with van der Waals surface area (Å²) in [5.74, 6) is -0.734. The third-order valence-corrected chi connectivity index (χ3v) is 3.28. The summed E-state index contributed by atoms with van der Waals surface area (Å²) in [7, 11) is 0. The number of pyridine rings is 1. The first-order valence-electron chi connectivity index (χ1n) is 5.64. The van der Waals surface area contributed by atoms with Gasteiger partial charge in [0.25, 0.3) is 11.8 Å². The molecule has 1 aromatic carbocycles. The molecule has 2 heterocycles. The Morgan fingerprint density at radius 2 is 1.95 bits per heavy atom. The fraction of sp³-hybridized carbons (Fsp3) is 0.154. The molecule has 0 aliphatic carbocycles. The summed E-state index contributed by atoms with van der Waals surface area (Å²) in [4.78, 5) is 29.2. The van der Waals surface area contributed by atoms with E-state index in [0.29, 0.717) is 11.2 Å². The number of nitrogens with zero attached hydrogens (tertiary/aromatic N) is 2. The molecule has 1 saturated heterocycles. The average Bonchev–Trinajstić information content (AvgIpc) is 2.38. The third kappa shape index (κ3) is 2.13. The van der Waals surface area contributed by atoms with E-state index in [4.69, 9.17) is 4.74 Å². The van der Waals surface area contributed by atoms with Gasteiger partial charge in [0.05, 0.1) is 11.2 Å². The Kier molecular flexibility index (Phi) is 3.04. The molecule has 0 saturated carbocycles. The van der Waals surface area contributed by atoms with Crippen LogP contribution in [0.2, 0.25) is 0 Å². The number of rotatable bonds is 1. The first kappa shape index (κ1) is 12.3. The van der Waals surface area contributed by atoms with E-state index in [-0.39, 0.29) is 25.0 Å². The minimum atomic E-state index is -0.367. The molecule has 1 aromatic heterocycles. The van der Waals surface area contributed by atoms with E-state index < -0.39 is 0 Å². The van der Waals surface area contributed by atoms with Crippen molar-refractivity contribution in [1.82, 2.24) is 4.98 Å². The molecule has 19 heavy (non-hydrogen) atoms. The fourth-order valence-corrected chi connectivity index (χ4v) is 2.41. The van der Waals surface area contributed by atoms with Crippen LogP contribution in [-0.2, 0) is 14.3 Å². The van der Waals surface area contributed by atoms with Crippen LogP contribution in [0.15, 0.2) is 34.9 Å². The van der Waals surface area contributed by atoms with Crippen molar-refractivity contribution in [2.75, 3.05) is 18.1 Å². The summed E-state index contributed by atoms with van der Waals surface area (Å²) < 4.78 is 5.75. The van der Waals surface area contributed by atoms with Gasteiger partial charge in [0.2, 0.25) is 0 Å². The van der Waals surface area contributed by atoms with Gasteiger partial charge in [-0.05, 0) is 28.1 Å². The van der Waals surface area contributed by atoms with Crippen LogP contribution in [0, 0.1) is 0 Å². The van der Waals surface area contributed by atoms with Gasteiger partial charge in [-0.1, -0.05) is 12.1 Å². The van der Waals surface area contributed by atoms with E-state index in [9.17, 15) is 9.59 Å². The second-order valence-corrected chi connectivity index (χ2v) is 5.03. The number of amides is 2. The Morgan fingerprint density at radius 3 is 2.68 bits per heavy atom. The van der Waals surface area contributed by atoms with Gasteiger partial charge in [-0.25, -0.2) is 4.90 Å². The molecule has 0 atom stereocenters. The zero-order valence-corrected chi connectivity index (χ0v) is 11.4. The van der Waals surface area contributed by atoms with Gasteiger partial charge in [-0.2, -0.15) is 0 Å². The zero-order valence-electron chi connectivity index (χ0n) is 9.80. The van der Waals surface area contributed by atoms with Gasteiger partial charge in [-0.15, -0.1) is 0 Å². The maximum atomic E-state index is 11.9. The van der Waals surface area contributed by atoms with E-state index >= 15 is 0 Å². The number of anilines is 1. The summed E-state index contributed by atoms with van der Waals surface area (Å²) >= 11 is 3.35.